The highest BCUT2D eigenvalue weighted by atomic mass is 35.5. The Morgan fingerprint density at radius 3 is 2.36 bits per heavy atom. The third kappa shape index (κ3) is 5.02. The zero-order valence-electron chi connectivity index (χ0n) is 15.5. The Labute approximate surface area is 168 Å². The first kappa shape index (κ1) is 19.7. The molecule has 5 nitrogen and oxygen atoms in total. The third-order valence-corrected chi connectivity index (χ3v) is 4.61. The molecule has 0 aliphatic rings. The molecule has 0 aliphatic heterocycles. The molecule has 0 bridgehead atoms. The molecule has 1 N–H and O–H groups in total. The van der Waals surface area contributed by atoms with Gasteiger partial charge in [0, 0.05) is 18.5 Å². The van der Waals surface area contributed by atoms with Crippen LogP contribution in [0.15, 0.2) is 77.4 Å². The molecule has 2 aromatic carbocycles. The number of benzene rings is 2. The number of furan rings is 1. The van der Waals surface area contributed by atoms with Crippen LogP contribution in [-0.4, -0.2) is 16.7 Å². The van der Waals surface area contributed by atoms with Crippen LogP contribution in [-0.2, 0) is 22.7 Å². The Kier molecular flexibility index (Phi) is 6.50. The summed E-state index contributed by atoms with van der Waals surface area (Å²) < 4.78 is 5.28. The van der Waals surface area contributed by atoms with E-state index in [1.165, 1.54) is 6.92 Å². The number of nitrogens with one attached hydrogen (secondary N) is 1. The average molecular weight is 397 g/mol. The molecule has 1 aromatic heterocycles. The zero-order valence-corrected chi connectivity index (χ0v) is 16.2. The first-order chi connectivity index (χ1) is 13.5. The summed E-state index contributed by atoms with van der Waals surface area (Å²) in [6.45, 7) is 2.01. The Hall–Kier alpha value is -3.05. The van der Waals surface area contributed by atoms with Crippen LogP contribution in [0.5, 0.6) is 0 Å². The van der Waals surface area contributed by atoms with Gasteiger partial charge in [0.05, 0.1) is 12.8 Å². The summed E-state index contributed by atoms with van der Waals surface area (Å²) in [6.07, 6.45) is 1.55. The van der Waals surface area contributed by atoms with E-state index < -0.39 is 6.04 Å². The maximum Gasteiger partial charge on any atom is 0.247 e. The van der Waals surface area contributed by atoms with Crippen molar-refractivity contribution in [1.29, 1.82) is 0 Å². The fraction of sp³-hybridized carbons (Fsp3) is 0.182. The molecule has 0 saturated heterocycles. The predicted molar refractivity (Wildman–Crippen MR) is 107 cm³/mol. The van der Waals surface area contributed by atoms with Crippen molar-refractivity contribution in [1.82, 2.24) is 10.2 Å². The van der Waals surface area contributed by atoms with E-state index in [9.17, 15) is 9.59 Å². The molecule has 6 heteroatoms. The van der Waals surface area contributed by atoms with Crippen LogP contribution in [0.4, 0.5) is 0 Å². The van der Waals surface area contributed by atoms with E-state index in [1.54, 1.807) is 35.4 Å². The van der Waals surface area contributed by atoms with Crippen molar-refractivity contribution in [2.24, 2.45) is 0 Å². The van der Waals surface area contributed by atoms with E-state index in [4.69, 9.17) is 16.0 Å². The van der Waals surface area contributed by atoms with Crippen molar-refractivity contribution in [2.45, 2.75) is 26.1 Å². The molecule has 3 aromatic rings. The van der Waals surface area contributed by atoms with Gasteiger partial charge in [-0.3, -0.25) is 9.59 Å². The number of halogens is 1. The molecule has 0 fully saturated rings. The molecule has 1 unspecified atom stereocenters. The van der Waals surface area contributed by atoms with Gasteiger partial charge in [-0.15, -0.1) is 0 Å². The quantitative estimate of drug-likeness (QED) is 0.646. The fourth-order valence-corrected chi connectivity index (χ4v) is 3.09. The van der Waals surface area contributed by atoms with Crippen LogP contribution >= 0.6 is 11.6 Å². The molecule has 0 spiro atoms. The molecular formula is C22H21ClN2O3. The first-order valence-corrected chi connectivity index (χ1v) is 9.29. The fourth-order valence-electron chi connectivity index (χ4n) is 2.96. The average Bonchev–Trinajstić information content (AvgIpc) is 3.22. The molecule has 3 rings (SSSR count). The number of amides is 2. The Balaban J connectivity index is 1.87. The van der Waals surface area contributed by atoms with Gasteiger partial charge < -0.3 is 14.6 Å². The first-order valence-electron chi connectivity index (χ1n) is 8.91. The van der Waals surface area contributed by atoms with Gasteiger partial charge in [0.15, 0.2) is 0 Å². The smallest absolute Gasteiger partial charge is 0.247 e. The molecule has 1 heterocycles. The number of carbonyl (C=O) groups excluding carboxylic acids is 2. The normalized spacial score (nSPS) is 11.6. The minimum atomic E-state index is -0.760. The van der Waals surface area contributed by atoms with Crippen LogP contribution in [0, 0.1) is 0 Å². The van der Waals surface area contributed by atoms with Crippen LogP contribution < -0.4 is 5.32 Å². The summed E-state index contributed by atoms with van der Waals surface area (Å²) in [6, 6.07) is 19.3. The Morgan fingerprint density at radius 1 is 1.04 bits per heavy atom. The number of hydrogen-bond acceptors (Lipinski definition) is 3. The van der Waals surface area contributed by atoms with Crippen molar-refractivity contribution in [3.63, 3.8) is 0 Å². The Morgan fingerprint density at radius 2 is 1.75 bits per heavy atom. The monoisotopic (exact) mass is 396 g/mol. The van der Waals surface area contributed by atoms with Crippen molar-refractivity contribution >= 4 is 23.4 Å². The maximum atomic E-state index is 13.1. The third-order valence-electron chi connectivity index (χ3n) is 4.36. The lowest BCUT2D eigenvalue weighted by Crippen LogP contribution is -2.42. The highest BCUT2D eigenvalue weighted by Gasteiger charge is 2.29. The summed E-state index contributed by atoms with van der Waals surface area (Å²) in [7, 11) is 0. The summed E-state index contributed by atoms with van der Waals surface area (Å²) in [4.78, 5) is 27.1. The standard InChI is InChI=1S/C22H21ClN2O3/c1-16(26)25(15-17-9-11-19(23)12-10-17)21(18-6-3-2-4-7-18)22(27)24-14-20-8-5-13-28-20/h2-13,21H,14-15H2,1H3,(H,24,27). The van der Waals surface area contributed by atoms with Crippen molar-refractivity contribution < 1.29 is 14.0 Å². The van der Waals surface area contributed by atoms with E-state index >= 15 is 0 Å². The molecule has 28 heavy (non-hydrogen) atoms. The van der Waals surface area contributed by atoms with E-state index in [0.29, 0.717) is 17.3 Å². The maximum absolute atomic E-state index is 13.1. The van der Waals surface area contributed by atoms with Gasteiger partial charge >= 0.3 is 0 Å². The zero-order chi connectivity index (χ0) is 19.9. The predicted octanol–water partition coefficient (Wildman–Crippen LogP) is 4.34. The number of nitrogens with zero attached hydrogens (tertiary/aromatic N) is 1. The van der Waals surface area contributed by atoms with E-state index in [1.807, 2.05) is 42.5 Å². The number of carbonyl (C=O) groups is 2. The summed E-state index contributed by atoms with van der Waals surface area (Å²) in [5.74, 6) is 0.177. The van der Waals surface area contributed by atoms with Crippen molar-refractivity contribution in [3.8, 4) is 0 Å². The van der Waals surface area contributed by atoms with E-state index in [-0.39, 0.29) is 18.4 Å². The second-order valence-corrected chi connectivity index (χ2v) is 6.82. The minimum Gasteiger partial charge on any atom is -0.467 e. The van der Waals surface area contributed by atoms with Gasteiger partial charge in [-0.05, 0) is 35.4 Å². The largest absolute Gasteiger partial charge is 0.467 e. The topological polar surface area (TPSA) is 62.6 Å². The second kappa shape index (κ2) is 9.24. The van der Waals surface area contributed by atoms with Gasteiger partial charge in [0.2, 0.25) is 11.8 Å². The van der Waals surface area contributed by atoms with E-state index in [2.05, 4.69) is 5.32 Å². The highest BCUT2D eigenvalue weighted by Crippen LogP contribution is 2.24. The van der Waals surface area contributed by atoms with Gasteiger partial charge in [-0.1, -0.05) is 54.1 Å². The summed E-state index contributed by atoms with van der Waals surface area (Å²) in [5, 5.41) is 3.49. The Bertz CT molecular complexity index is 909. The molecule has 2 amide bonds. The molecule has 0 aliphatic carbocycles. The molecular weight excluding hydrogens is 376 g/mol. The number of rotatable bonds is 7. The van der Waals surface area contributed by atoms with Gasteiger partial charge in [0.1, 0.15) is 11.8 Å². The van der Waals surface area contributed by atoms with Gasteiger partial charge in [-0.2, -0.15) is 0 Å². The highest BCUT2D eigenvalue weighted by molar-refractivity contribution is 6.30. The van der Waals surface area contributed by atoms with Gasteiger partial charge in [0.25, 0.3) is 0 Å². The SMILES string of the molecule is CC(=O)N(Cc1ccc(Cl)cc1)C(C(=O)NCc1ccco1)c1ccccc1. The van der Waals surface area contributed by atoms with Crippen molar-refractivity contribution in [3.05, 3.63) is 94.9 Å². The molecule has 144 valence electrons. The summed E-state index contributed by atoms with van der Waals surface area (Å²) in [5.41, 5.74) is 1.63. The van der Waals surface area contributed by atoms with Gasteiger partial charge in [-0.25, -0.2) is 0 Å². The van der Waals surface area contributed by atoms with Crippen LogP contribution in [0.2, 0.25) is 5.02 Å². The lowest BCUT2D eigenvalue weighted by atomic mass is 10.0. The summed E-state index contributed by atoms with van der Waals surface area (Å²) >= 11 is 5.96. The molecule has 0 saturated carbocycles. The second-order valence-electron chi connectivity index (χ2n) is 6.38. The van der Waals surface area contributed by atoms with E-state index in [0.717, 1.165) is 11.1 Å². The minimum absolute atomic E-state index is 0.197. The van der Waals surface area contributed by atoms with Crippen molar-refractivity contribution in [2.75, 3.05) is 0 Å². The molecule has 1 atom stereocenters. The number of hydrogen-bond donors (Lipinski definition) is 1. The lowest BCUT2D eigenvalue weighted by Gasteiger charge is -2.30. The van der Waals surface area contributed by atoms with Crippen LogP contribution in [0.3, 0.4) is 0 Å². The van der Waals surface area contributed by atoms with Crippen LogP contribution in [0.25, 0.3) is 0 Å². The molecule has 0 radical (unpaired) electrons. The lowest BCUT2D eigenvalue weighted by molar-refractivity contribution is -0.140. The van der Waals surface area contributed by atoms with Crippen LogP contribution in [0.1, 0.15) is 29.9 Å².